The van der Waals surface area contributed by atoms with Gasteiger partial charge in [0.05, 0.1) is 35.8 Å². The zero-order valence-electron chi connectivity index (χ0n) is 22.2. The van der Waals surface area contributed by atoms with Gasteiger partial charge in [0, 0.05) is 17.8 Å². The van der Waals surface area contributed by atoms with Crippen molar-refractivity contribution < 1.29 is 24.2 Å². The number of hydrogen-bond acceptors (Lipinski definition) is 6. The predicted molar refractivity (Wildman–Crippen MR) is 147 cm³/mol. The topological polar surface area (TPSA) is 87.2 Å². The van der Waals surface area contributed by atoms with Gasteiger partial charge in [-0.25, -0.2) is 0 Å². The molecule has 1 aromatic rings. The predicted octanol–water partition coefficient (Wildman–Crippen LogP) is 3.37. The molecule has 0 saturated carbocycles. The molecule has 1 aromatic carbocycles. The van der Waals surface area contributed by atoms with E-state index in [4.69, 9.17) is 4.74 Å². The summed E-state index contributed by atoms with van der Waals surface area (Å²) in [6.07, 6.45) is 11.9. The summed E-state index contributed by atoms with van der Waals surface area (Å²) in [5.74, 6) is -2.12. The third kappa shape index (κ3) is 4.60. The van der Waals surface area contributed by atoms with Crippen LogP contribution in [-0.4, -0.2) is 80.6 Å². The van der Waals surface area contributed by atoms with Crippen LogP contribution in [0.3, 0.4) is 0 Å². The second-order valence-electron chi connectivity index (χ2n) is 10.9. The van der Waals surface area contributed by atoms with Crippen LogP contribution < -0.4 is 0 Å². The average molecular weight is 539 g/mol. The molecule has 0 aliphatic carbocycles. The van der Waals surface area contributed by atoms with Gasteiger partial charge in [-0.15, -0.1) is 11.8 Å². The van der Waals surface area contributed by atoms with Crippen molar-refractivity contribution >= 4 is 29.5 Å². The quantitative estimate of drug-likeness (QED) is 0.423. The molecule has 0 bridgehead atoms. The monoisotopic (exact) mass is 538 g/mol. The zero-order valence-corrected chi connectivity index (χ0v) is 23.0. The number of hydrogen-bond donors (Lipinski definition) is 1. The number of cyclic esters (lactones) is 1. The standard InChI is InChI=1S/C30H38N2O5S/c1-3-11-20(2)31-16-10-15-30-25(24-23(38-30)14-8-5-9-17-37-29(24)36)27(34)32(26(30)28(31)35)22(19-33)18-21-12-6-4-7-13-21/h4,6-8,10,12-15,20,22-26,33H,3,5,9,11,16-19H2,1-2H3/b14-8-/t20?,22-,23-,24+,25+,26?,30+/m1/s1. The number of amides is 2. The van der Waals surface area contributed by atoms with Gasteiger partial charge >= 0.3 is 5.97 Å². The summed E-state index contributed by atoms with van der Waals surface area (Å²) in [4.78, 5) is 45.8. The SMILES string of the molecule is CCCC(C)N1CC=C[C@]23S[C@@H]4/C=C\CCCOC(=O)[C@@H]4[C@H]2C(=O)N([C@@H](CO)Cc2ccccc2)C3C1=O. The minimum atomic E-state index is -0.906. The molecule has 2 saturated heterocycles. The first-order chi connectivity index (χ1) is 18.4. The number of carbonyl (C=O) groups is 3. The largest absolute Gasteiger partial charge is 0.465 e. The molecular weight excluding hydrogens is 500 g/mol. The van der Waals surface area contributed by atoms with Crippen LogP contribution in [-0.2, 0) is 25.5 Å². The van der Waals surface area contributed by atoms with Crippen LogP contribution in [0.2, 0.25) is 0 Å². The summed E-state index contributed by atoms with van der Waals surface area (Å²) in [6, 6.07) is 8.35. The average Bonchev–Trinajstić information content (AvgIpc) is 3.33. The second kappa shape index (κ2) is 11.3. The van der Waals surface area contributed by atoms with E-state index < -0.39 is 28.7 Å². The lowest BCUT2D eigenvalue weighted by atomic mass is 9.78. The molecule has 1 spiro atoms. The minimum Gasteiger partial charge on any atom is -0.465 e. The third-order valence-corrected chi connectivity index (χ3v) is 10.2. The van der Waals surface area contributed by atoms with Crippen LogP contribution in [0.4, 0.5) is 0 Å². The Balaban J connectivity index is 1.61. The Kier molecular flexibility index (Phi) is 8.00. The molecule has 5 rings (SSSR count). The van der Waals surface area contributed by atoms with Crippen molar-refractivity contribution in [3.05, 3.63) is 60.2 Å². The summed E-state index contributed by atoms with van der Waals surface area (Å²) in [7, 11) is 0. The Morgan fingerprint density at radius 3 is 2.68 bits per heavy atom. The number of fused-ring (bicyclic) bond motifs is 2. The number of benzene rings is 1. The fraction of sp³-hybridized carbons (Fsp3) is 0.567. The molecule has 0 radical (unpaired) electrons. The fourth-order valence-electron chi connectivity index (χ4n) is 6.71. The lowest BCUT2D eigenvalue weighted by Crippen LogP contribution is -2.58. The summed E-state index contributed by atoms with van der Waals surface area (Å²) in [6.45, 7) is 4.67. The van der Waals surface area contributed by atoms with Gasteiger partial charge in [0.25, 0.3) is 0 Å². The smallest absolute Gasteiger partial charge is 0.311 e. The van der Waals surface area contributed by atoms with Crippen LogP contribution in [0.25, 0.3) is 0 Å². The van der Waals surface area contributed by atoms with Crippen molar-refractivity contribution in [1.29, 1.82) is 0 Å². The molecule has 0 aromatic heterocycles. The summed E-state index contributed by atoms with van der Waals surface area (Å²) >= 11 is 1.55. The molecule has 38 heavy (non-hydrogen) atoms. The van der Waals surface area contributed by atoms with E-state index in [9.17, 15) is 19.5 Å². The van der Waals surface area contributed by atoms with Crippen molar-refractivity contribution in [3.8, 4) is 0 Å². The number of allylic oxidation sites excluding steroid dienone is 1. The van der Waals surface area contributed by atoms with E-state index in [0.717, 1.165) is 31.2 Å². The van der Waals surface area contributed by atoms with Crippen molar-refractivity contribution in [2.75, 3.05) is 19.8 Å². The Hall–Kier alpha value is -2.58. The normalized spacial score (nSPS) is 33.3. The van der Waals surface area contributed by atoms with Crippen molar-refractivity contribution in [1.82, 2.24) is 9.80 Å². The Morgan fingerprint density at radius 2 is 1.95 bits per heavy atom. The van der Waals surface area contributed by atoms with E-state index in [1.165, 1.54) is 0 Å². The van der Waals surface area contributed by atoms with Gasteiger partial charge in [-0.2, -0.15) is 0 Å². The highest BCUT2D eigenvalue weighted by Crippen LogP contribution is 2.61. The van der Waals surface area contributed by atoms with Gasteiger partial charge < -0.3 is 19.6 Å². The summed E-state index contributed by atoms with van der Waals surface area (Å²) in [5, 5.41) is 10.3. The highest BCUT2D eigenvalue weighted by molar-refractivity contribution is 8.02. The maximum atomic E-state index is 14.5. The van der Waals surface area contributed by atoms with Crippen LogP contribution in [0, 0.1) is 11.8 Å². The maximum Gasteiger partial charge on any atom is 0.311 e. The van der Waals surface area contributed by atoms with Gasteiger partial charge in [0.1, 0.15) is 6.04 Å². The molecule has 7 atom stereocenters. The highest BCUT2D eigenvalue weighted by atomic mass is 32.2. The van der Waals surface area contributed by atoms with Crippen LogP contribution >= 0.6 is 11.8 Å². The first kappa shape index (κ1) is 27.0. The van der Waals surface area contributed by atoms with Gasteiger partial charge in [-0.05, 0) is 38.2 Å². The first-order valence-electron chi connectivity index (χ1n) is 13.9. The minimum absolute atomic E-state index is 0.0125. The maximum absolute atomic E-state index is 14.5. The lowest BCUT2D eigenvalue weighted by Gasteiger charge is -2.40. The van der Waals surface area contributed by atoms with E-state index in [1.807, 2.05) is 53.5 Å². The summed E-state index contributed by atoms with van der Waals surface area (Å²) < 4.78 is 4.74. The number of aliphatic hydroxyl groups excluding tert-OH is 1. The fourth-order valence-corrected chi connectivity index (χ4v) is 8.70. The Morgan fingerprint density at radius 1 is 1.16 bits per heavy atom. The highest BCUT2D eigenvalue weighted by Gasteiger charge is 2.71. The van der Waals surface area contributed by atoms with Crippen molar-refractivity contribution in [3.63, 3.8) is 0 Å². The Labute approximate surface area is 229 Å². The number of rotatable bonds is 7. The first-order valence-corrected chi connectivity index (χ1v) is 14.8. The van der Waals surface area contributed by atoms with Gasteiger partial charge in [-0.3, -0.25) is 14.4 Å². The second-order valence-corrected chi connectivity index (χ2v) is 12.4. The molecule has 2 unspecified atom stereocenters. The van der Waals surface area contributed by atoms with Crippen molar-refractivity contribution in [2.45, 2.75) is 74.1 Å². The van der Waals surface area contributed by atoms with Gasteiger partial charge in [0.2, 0.25) is 11.8 Å². The molecule has 8 heteroatoms. The molecule has 204 valence electrons. The number of likely N-dealkylation sites (tertiary alicyclic amines) is 1. The van der Waals surface area contributed by atoms with E-state index in [-0.39, 0.29) is 35.7 Å². The van der Waals surface area contributed by atoms with Crippen LogP contribution in [0.1, 0.15) is 45.1 Å². The molecule has 4 aliphatic heterocycles. The molecule has 4 heterocycles. The van der Waals surface area contributed by atoms with Crippen LogP contribution in [0.5, 0.6) is 0 Å². The zero-order chi connectivity index (χ0) is 26.9. The van der Waals surface area contributed by atoms with Crippen molar-refractivity contribution in [2.24, 2.45) is 11.8 Å². The van der Waals surface area contributed by atoms with E-state index in [1.54, 1.807) is 16.7 Å². The molecule has 4 aliphatic rings. The molecule has 7 nitrogen and oxygen atoms in total. The number of thioether (sulfide) groups is 1. The third-order valence-electron chi connectivity index (χ3n) is 8.48. The molecule has 2 amide bonds. The van der Waals surface area contributed by atoms with E-state index in [2.05, 4.69) is 19.9 Å². The molecular formula is C30H38N2O5S. The number of nitrogens with zero attached hydrogens (tertiary/aromatic N) is 2. The molecule has 2 fully saturated rings. The summed E-state index contributed by atoms with van der Waals surface area (Å²) in [5.41, 5.74) is 0.980. The number of esters is 1. The van der Waals surface area contributed by atoms with Gasteiger partial charge in [0.15, 0.2) is 0 Å². The molecule has 1 N–H and O–H groups in total. The van der Waals surface area contributed by atoms with E-state index >= 15 is 0 Å². The number of aliphatic hydroxyl groups is 1. The Bertz CT molecular complexity index is 1110. The number of carbonyl (C=O) groups excluding carboxylic acids is 3. The van der Waals surface area contributed by atoms with E-state index in [0.29, 0.717) is 19.6 Å². The number of ether oxygens (including phenoxy) is 1. The lowest BCUT2D eigenvalue weighted by molar-refractivity contribution is -0.153. The van der Waals surface area contributed by atoms with Crippen LogP contribution in [0.15, 0.2) is 54.6 Å². The van der Waals surface area contributed by atoms with Gasteiger partial charge in [-0.1, -0.05) is 68.0 Å².